The molecule has 0 aromatic heterocycles. The van der Waals surface area contributed by atoms with Crippen molar-refractivity contribution in [2.75, 3.05) is 13.2 Å². The fraction of sp³-hybridized carbons (Fsp3) is 1.00. The summed E-state index contributed by atoms with van der Waals surface area (Å²) in [5.41, 5.74) is 0.411. The summed E-state index contributed by atoms with van der Waals surface area (Å²) in [6.07, 6.45) is 9.70. The topological polar surface area (TPSA) is 40.5 Å². The number of rotatable bonds is 10. The molecule has 130 valence electrons. The lowest BCUT2D eigenvalue weighted by molar-refractivity contribution is 0.227. The average Bonchev–Trinajstić information content (AvgIpc) is 2.32. The Morgan fingerprint density at radius 2 is 1.24 bits per heavy atom. The lowest BCUT2D eigenvalue weighted by Gasteiger charge is -2.22. The summed E-state index contributed by atoms with van der Waals surface area (Å²) < 4.78 is 0. The highest BCUT2D eigenvalue weighted by Crippen LogP contribution is 2.25. The third-order valence-electron chi connectivity index (χ3n) is 3.52. The minimum Gasteiger partial charge on any atom is -0.396 e. The van der Waals surface area contributed by atoms with Crippen LogP contribution in [0.25, 0.3) is 0 Å². The van der Waals surface area contributed by atoms with E-state index in [4.69, 9.17) is 10.2 Å². The lowest BCUT2D eigenvalue weighted by atomic mass is 9.84. The average molecular weight is 303 g/mol. The van der Waals surface area contributed by atoms with Gasteiger partial charge in [0.1, 0.15) is 0 Å². The standard InChI is InChI=1S/C10H22O.C9H20O/c1-10(2)8-6-4-3-5-7-9-11;1-8(5-6-10)7-9(2,3)4/h10-11H,3-9H2,1-2H3;8,10H,5-7H2,1-4H3. The quantitative estimate of drug-likeness (QED) is 0.529. The number of hydrogen-bond donors (Lipinski definition) is 2. The maximum absolute atomic E-state index is 8.63. The molecule has 2 N–H and O–H groups in total. The van der Waals surface area contributed by atoms with Gasteiger partial charge in [-0.3, -0.25) is 0 Å². The van der Waals surface area contributed by atoms with Crippen molar-refractivity contribution in [3.63, 3.8) is 0 Å². The van der Waals surface area contributed by atoms with Gasteiger partial charge in [-0.25, -0.2) is 0 Å². The predicted octanol–water partition coefficient (Wildman–Crippen LogP) is 5.42. The first kappa shape index (κ1) is 23.2. The fourth-order valence-electron chi connectivity index (χ4n) is 2.56. The van der Waals surface area contributed by atoms with Crippen LogP contribution in [0.3, 0.4) is 0 Å². The Morgan fingerprint density at radius 3 is 1.67 bits per heavy atom. The Hall–Kier alpha value is -0.0800. The Morgan fingerprint density at radius 1 is 0.714 bits per heavy atom. The third-order valence-corrected chi connectivity index (χ3v) is 3.52. The highest BCUT2D eigenvalue weighted by atomic mass is 16.3. The van der Waals surface area contributed by atoms with Crippen molar-refractivity contribution in [2.45, 2.75) is 92.9 Å². The molecule has 0 amide bonds. The van der Waals surface area contributed by atoms with Crippen LogP contribution in [0, 0.1) is 17.3 Å². The van der Waals surface area contributed by atoms with Gasteiger partial charge in [-0.15, -0.1) is 0 Å². The molecule has 0 aromatic carbocycles. The molecule has 0 aliphatic heterocycles. The second-order valence-corrected chi connectivity index (χ2v) is 8.06. The van der Waals surface area contributed by atoms with Crippen molar-refractivity contribution in [1.82, 2.24) is 0 Å². The van der Waals surface area contributed by atoms with E-state index in [1.807, 2.05) is 0 Å². The molecule has 2 heteroatoms. The van der Waals surface area contributed by atoms with E-state index in [1.54, 1.807) is 0 Å². The van der Waals surface area contributed by atoms with Gasteiger partial charge in [0.05, 0.1) is 0 Å². The van der Waals surface area contributed by atoms with E-state index in [0.717, 1.165) is 18.8 Å². The second kappa shape index (κ2) is 14.8. The number of aliphatic hydroxyl groups is 2. The van der Waals surface area contributed by atoms with E-state index < -0.39 is 0 Å². The zero-order chi connectivity index (χ0) is 16.7. The monoisotopic (exact) mass is 302 g/mol. The van der Waals surface area contributed by atoms with Gasteiger partial charge >= 0.3 is 0 Å². The SMILES string of the molecule is CC(C)CCCCCCCO.CC(CCO)CC(C)(C)C. The molecular formula is C19H42O2. The molecule has 0 radical (unpaired) electrons. The molecule has 0 saturated carbocycles. The van der Waals surface area contributed by atoms with Crippen molar-refractivity contribution in [3.05, 3.63) is 0 Å². The Balaban J connectivity index is 0. The van der Waals surface area contributed by atoms with Gasteiger partial charge in [-0.2, -0.15) is 0 Å². The zero-order valence-electron chi connectivity index (χ0n) is 15.6. The largest absolute Gasteiger partial charge is 0.396 e. The maximum Gasteiger partial charge on any atom is 0.0433 e. The van der Waals surface area contributed by atoms with Gasteiger partial charge in [0.25, 0.3) is 0 Å². The Kier molecular flexibility index (Phi) is 16.4. The highest BCUT2D eigenvalue weighted by molar-refractivity contribution is 4.65. The van der Waals surface area contributed by atoms with Crippen molar-refractivity contribution < 1.29 is 10.2 Å². The maximum atomic E-state index is 8.63. The van der Waals surface area contributed by atoms with Gasteiger partial charge in [-0.05, 0) is 36.5 Å². The van der Waals surface area contributed by atoms with Crippen LogP contribution in [0.15, 0.2) is 0 Å². The van der Waals surface area contributed by atoms with Crippen LogP contribution in [0.5, 0.6) is 0 Å². The summed E-state index contributed by atoms with van der Waals surface area (Å²) in [7, 11) is 0. The summed E-state index contributed by atoms with van der Waals surface area (Å²) in [5.74, 6) is 1.51. The number of unbranched alkanes of at least 4 members (excludes halogenated alkanes) is 4. The number of hydrogen-bond acceptors (Lipinski definition) is 2. The molecule has 0 rings (SSSR count). The van der Waals surface area contributed by atoms with Crippen LogP contribution >= 0.6 is 0 Å². The first-order valence-corrected chi connectivity index (χ1v) is 8.94. The third kappa shape index (κ3) is 25.2. The van der Waals surface area contributed by atoms with E-state index in [2.05, 4.69) is 41.5 Å². The van der Waals surface area contributed by atoms with E-state index in [0.29, 0.717) is 24.5 Å². The van der Waals surface area contributed by atoms with E-state index in [-0.39, 0.29) is 0 Å². The Labute approximate surface area is 134 Å². The highest BCUT2D eigenvalue weighted by Gasteiger charge is 2.14. The molecule has 0 aromatic rings. The van der Waals surface area contributed by atoms with Gasteiger partial charge in [0, 0.05) is 13.2 Å². The summed E-state index contributed by atoms with van der Waals surface area (Å²) in [4.78, 5) is 0. The van der Waals surface area contributed by atoms with Crippen LogP contribution < -0.4 is 0 Å². The van der Waals surface area contributed by atoms with Crippen molar-refractivity contribution in [3.8, 4) is 0 Å². The van der Waals surface area contributed by atoms with Gasteiger partial charge < -0.3 is 10.2 Å². The van der Waals surface area contributed by atoms with Crippen LogP contribution in [0.1, 0.15) is 92.9 Å². The fourth-order valence-corrected chi connectivity index (χ4v) is 2.56. The zero-order valence-corrected chi connectivity index (χ0v) is 15.6. The molecule has 0 saturated heterocycles. The van der Waals surface area contributed by atoms with Crippen LogP contribution in [0.2, 0.25) is 0 Å². The molecule has 2 nitrogen and oxygen atoms in total. The molecule has 21 heavy (non-hydrogen) atoms. The summed E-state index contributed by atoms with van der Waals surface area (Å²) >= 11 is 0. The van der Waals surface area contributed by atoms with Crippen LogP contribution in [-0.4, -0.2) is 23.4 Å². The first-order valence-electron chi connectivity index (χ1n) is 8.94. The van der Waals surface area contributed by atoms with E-state index in [9.17, 15) is 0 Å². The van der Waals surface area contributed by atoms with Crippen molar-refractivity contribution >= 4 is 0 Å². The summed E-state index contributed by atoms with van der Waals surface area (Å²) in [6.45, 7) is 14.1. The molecular weight excluding hydrogens is 260 g/mol. The molecule has 1 atom stereocenters. The molecule has 0 bridgehead atoms. The van der Waals surface area contributed by atoms with Crippen molar-refractivity contribution in [1.29, 1.82) is 0 Å². The lowest BCUT2D eigenvalue weighted by Crippen LogP contribution is -2.11. The number of aliphatic hydroxyl groups excluding tert-OH is 2. The Bertz CT molecular complexity index is 194. The van der Waals surface area contributed by atoms with E-state index >= 15 is 0 Å². The van der Waals surface area contributed by atoms with Crippen LogP contribution in [0.4, 0.5) is 0 Å². The smallest absolute Gasteiger partial charge is 0.0433 e. The van der Waals surface area contributed by atoms with E-state index in [1.165, 1.54) is 38.5 Å². The first-order chi connectivity index (χ1) is 9.72. The van der Waals surface area contributed by atoms with Gasteiger partial charge in [0.2, 0.25) is 0 Å². The van der Waals surface area contributed by atoms with Gasteiger partial charge in [-0.1, -0.05) is 73.6 Å². The summed E-state index contributed by atoms with van der Waals surface area (Å²) in [5, 5.41) is 17.1. The predicted molar refractivity (Wildman–Crippen MR) is 94.6 cm³/mol. The van der Waals surface area contributed by atoms with Crippen LogP contribution in [-0.2, 0) is 0 Å². The minimum atomic E-state index is 0.331. The van der Waals surface area contributed by atoms with Crippen molar-refractivity contribution in [2.24, 2.45) is 17.3 Å². The molecule has 0 spiro atoms. The molecule has 0 heterocycles. The summed E-state index contributed by atoms with van der Waals surface area (Å²) in [6, 6.07) is 0. The minimum absolute atomic E-state index is 0.331. The molecule has 0 aliphatic rings. The normalized spacial score (nSPS) is 13.0. The second-order valence-electron chi connectivity index (χ2n) is 8.06. The molecule has 0 aliphatic carbocycles. The molecule has 1 unspecified atom stereocenters. The van der Waals surface area contributed by atoms with Gasteiger partial charge in [0.15, 0.2) is 0 Å². The molecule has 0 fully saturated rings.